The molecule has 0 fully saturated rings. The highest BCUT2D eigenvalue weighted by Crippen LogP contribution is 2.43. The molecule has 0 aromatic carbocycles. The highest BCUT2D eigenvalue weighted by molar-refractivity contribution is 7.47. The molecule has 0 rings (SSSR count). The molecule has 0 spiro atoms. The van der Waals surface area contributed by atoms with Crippen LogP contribution in [0.1, 0.15) is 162 Å². The Balaban J connectivity index is 3.95. The van der Waals surface area contributed by atoms with Gasteiger partial charge in [-0.05, 0) is 70.6 Å². The summed E-state index contributed by atoms with van der Waals surface area (Å²) in [6.07, 6.45) is 38.5. The van der Waals surface area contributed by atoms with Crippen LogP contribution < -0.4 is 5.32 Å². The Morgan fingerprint density at radius 3 is 1.66 bits per heavy atom. The van der Waals surface area contributed by atoms with E-state index in [0.29, 0.717) is 12.8 Å². The van der Waals surface area contributed by atoms with Crippen molar-refractivity contribution in [3.63, 3.8) is 0 Å². The van der Waals surface area contributed by atoms with E-state index in [4.69, 9.17) is 13.8 Å². The van der Waals surface area contributed by atoms with Gasteiger partial charge in [0.15, 0.2) is 6.04 Å². The second-order valence-electron chi connectivity index (χ2n) is 13.4. The second kappa shape index (κ2) is 36.4. The molecule has 0 aromatic heterocycles. The maximum atomic E-state index is 12.2. The van der Waals surface area contributed by atoms with Crippen molar-refractivity contribution in [3.8, 4) is 0 Å². The predicted molar refractivity (Wildman–Crippen MR) is 212 cm³/mol. The summed E-state index contributed by atoms with van der Waals surface area (Å²) >= 11 is 0. The van der Waals surface area contributed by atoms with Crippen LogP contribution in [-0.4, -0.2) is 64.9 Å². The lowest BCUT2D eigenvalue weighted by Crippen LogP contribution is -2.43. The topological polar surface area (TPSA) is 169 Å². The Morgan fingerprint density at radius 1 is 0.623 bits per heavy atom. The minimum atomic E-state index is -4.76. The van der Waals surface area contributed by atoms with Gasteiger partial charge in [0.2, 0.25) is 5.91 Å². The number of aliphatic hydroxyl groups excluding tert-OH is 1. The Hall–Kier alpha value is -2.56. The van der Waals surface area contributed by atoms with Crippen LogP contribution in [0.4, 0.5) is 0 Å². The van der Waals surface area contributed by atoms with Gasteiger partial charge < -0.3 is 25.2 Å². The van der Waals surface area contributed by atoms with E-state index in [1.807, 2.05) is 0 Å². The lowest BCUT2D eigenvalue weighted by molar-refractivity contribution is -0.147. The molecule has 12 heteroatoms. The maximum absolute atomic E-state index is 12.2. The van der Waals surface area contributed by atoms with E-state index in [9.17, 15) is 34.1 Å². The fourth-order valence-electron chi connectivity index (χ4n) is 5.20. The first-order valence-corrected chi connectivity index (χ1v) is 21.7. The summed E-state index contributed by atoms with van der Waals surface area (Å²) < 4.78 is 26.7. The molecule has 1 amide bonds. The van der Waals surface area contributed by atoms with Crippen molar-refractivity contribution >= 4 is 25.7 Å². The summed E-state index contributed by atoms with van der Waals surface area (Å²) in [7, 11) is -4.76. The lowest BCUT2D eigenvalue weighted by Gasteiger charge is -2.18. The normalized spacial score (nSPS) is 14.3. The van der Waals surface area contributed by atoms with Gasteiger partial charge in [-0.1, -0.05) is 127 Å². The standard InChI is InChI=1S/C41H72NO10P/c1-3-5-7-9-11-13-15-17-18-19-20-21-23-25-27-29-31-33-40(45)50-34-37(43)35-51-53(48,49)52-36-38(41(46)47)42-39(44)32-30-28-26-24-22-16-14-12-10-8-6-4-2/h5,7,11-14,17-18,37-38,43H,3-4,6,8-10,15-16,19-36H2,1-2H3,(H,42,44)(H,46,47)(H,48,49)/b7-5-,13-11-,14-12-,18-17-. The van der Waals surface area contributed by atoms with Gasteiger partial charge in [0.05, 0.1) is 13.2 Å². The van der Waals surface area contributed by atoms with Crippen LogP contribution in [0, 0.1) is 0 Å². The molecule has 0 radical (unpaired) electrons. The molecule has 3 unspecified atom stereocenters. The minimum Gasteiger partial charge on any atom is -0.480 e. The van der Waals surface area contributed by atoms with Gasteiger partial charge in [0.1, 0.15) is 12.7 Å². The van der Waals surface area contributed by atoms with Gasteiger partial charge in [0, 0.05) is 12.8 Å². The Labute approximate surface area is 320 Å². The lowest BCUT2D eigenvalue weighted by atomic mass is 10.1. The number of amides is 1. The van der Waals surface area contributed by atoms with Gasteiger partial charge in [-0.3, -0.25) is 18.6 Å². The number of hydrogen-bond acceptors (Lipinski definition) is 8. The summed E-state index contributed by atoms with van der Waals surface area (Å²) in [5.74, 6) is -2.40. The van der Waals surface area contributed by atoms with E-state index in [1.165, 1.54) is 32.1 Å². The highest BCUT2D eigenvalue weighted by Gasteiger charge is 2.28. The van der Waals surface area contributed by atoms with Gasteiger partial charge >= 0.3 is 19.8 Å². The van der Waals surface area contributed by atoms with Crippen LogP contribution in [-0.2, 0) is 32.7 Å². The first-order valence-electron chi connectivity index (χ1n) is 20.2. The quantitative estimate of drug-likeness (QED) is 0.0207. The highest BCUT2D eigenvalue weighted by atomic mass is 31.2. The number of carboxylic acid groups (broad SMARTS) is 1. The monoisotopic (exact) mass is 769 g/mol. The molecule has 306 valence electrons. The first kappa shape index (κ1) is 50.4. The SMILES string of the molecule is CC/C=C\C/C=C\C/C=C\CCCCCCCCCC(=O)OCC(O)COP(=O)(O)OCC(NC(=O)CCCCCCC/C=C\CCCCC)C(=O)O. The minimum absolute atomic E-state index is 0.133. The van der Waals surface area contributed by atoms with Gasteiger partial charge in [-0.2, -0.15) is 0 Å². The number of unbranched alkanes of at least 4 members (excludes halogenated alkanes) is 15. The molecular weight excluding hydrogens is 697 g/mol. The number of carbonyl (C=O) groups is 3. The van der Waals surface area contributed by atoms with Crippen molar-refractivity contribution in [1.29, 1.82) is 0 Å². The zero-order valence-corrected chi connectivity index (χ0v) is 33.7. The number of allylic oxidation sites excluding steroid dienone is 8. The summed E-state index contributed by atoms with van der Waals surface area (Å²) in [5, 5.41) is 21.7. The average Bonchev–Trinajstić information content (AvgIpc) is 3.13. The Bertz CT molecular complexity index is 1090. The number of carbonyl (C=O) groups excluding carboxylic acids is 2. The zero-order chi connectivity index (χ0) is 39.3. The molecule has 3 atom stereocenters. The summed E-state index contributed by atoms with van der Waals surface area (Å²) in [4.78, 5) is 45.7. The van der Waals surface area contributed by atoms with Crippen LogP contribution in [0.15, 0.2) is 48.6 Å². The third kappa shape index (κ3) is 36.2. The molecule has 4 N–H and O–H groups in total. The van der Waals surface area contributed by atoms with E-state index in [0.717, 1.165) is 89.9 Å². The molecular formula is C41H72NO10P. The van der Waals surface area contributed by atoms with Crippen LogP contribution >= 0.6 is 7.82 Å². The molecule has 0 saturated heterocycles. The number of phosphoric acid groups is 1. The average molecular weight is 770 g/mol. The number of nitrogens with one attached hydrogen (secondary N) is 1. The largest absolute Gasteiger partial charge is 0.480 e. The number of aliphatic carboxylic acids is 1. The molecule has 0 heterocycles. The van der Waals surface area contributed by atoms with Crippen molar-refractivity contribution in [1.82, 2.24) is 5.32 Å². The van der Waals surface area contributed by atoms with Gasteiger partial charge in [-0.15, -0.1) is 0 Å². The predicted octanol–water partition coefficient (Wildman–Crippen LogP) is 9.83. The summed E-state index contributed by atoms with van der Waals surface area (Å²) in [6, 6.07) is -1.55. The van der Waals surface area contributed by atoms with E-state index in [-0.39, 0.29) is 12.8 Å². The molecule has 11 nitrogen and oxygen atoms in total. The number of ether oxygens (including phenoxy) is 1. The van der Waals surface area contributed by atoms with Crippen LogP contribution in [0.5, 0.6) is 0 Å². The van der Waals surface area contributed by atoms with Crippen LogP contribution in [0.2, 0.25) is 0 Å². The third-order valence-corrected chi connectivity index (χ3v) is 9.30. The zero-order valence-electron chi connectivity index (χ0n) is 32.8. The maximum Gasteiger partial charge on any atom is 0.472 e. The van der Waals surface area contributed by atoms with Crippen molar-refractivity contribution < 1.29 is 47.8 Å². The van der Waals surface area contributed by atoms with Crippen LogP contribution in [0.3, 0.4) is 0 Å². The van der Waals surface area contributed by atoms with Crippen molar-refractivity contribution in [3.05, 3.63) is 48.6 Å². The summed E-state index contributed by atoms with van der Waals surface area (Å²) in [6.45, 7) is 2.42. The number of carboxylic acids is 1. The number of aliphatic hydroxyl groups is 1. The first-order chi connectivity index (χ1) is 25.6. The smallest absolute Gasteiger partial charge is 0.472 e. The van der Waals surface area contributed by atoms with Crippen molar-refractivity contribution in [2.75, 3.05) is 19.8 Å². The number of phosphoric ester groups is 1. The molecule has 0 aliphatic rings. The van der Waals surface area contributed by atoms with Crippen LogP contribution in [0.25, 0.3) is 0 Å². The van der Waals surface area contributed by atoms with Crippen molar-refractivity contribution in [2.45, 2.75) is 174 Å². The van der Waals surface area contributed by atoms with E-state index >= 15 is 0 Å². The van der Waals surface area contributed by atoms with E-state index < -0.39 is 57.6 Å². The second-order valence-corrected chi connectivity index (χ2v) is 14.9. The van der Waals surface area contributed by atoms with Gasteiger partial charge in [-0.25, -0.2) is 9.36 Å². The van der Waals surface area contributed by atoms with E-state index in [1.54, 1.807) is 0 Å². The molecule has 53 heavy (non-hydrogen) atoms. The Morgan fingerprint density at radius 2 is 1.09 bits per heavy atom. The summed E-state index contributed by atoms with van der Waals surface area (Å²) in [5.41, 5.74) is 0. The number of esters is 1. The molecule has 0 saturated carbocycles. The fourth-order valence-corrected chi connectivity index (χ4v) is 5.98. The van der Waals surface area contributed by atoms with Crippen molar-refractivity contribution in [2.24, 2.45) is 0 Å². The fraction of sp³-hybridized carbons (Fsp3) is 0.732. The molecule has 0 aliphatic carbocycles. The number of hydrogen-bond donors (Lipinski definition) is 4. The number of rotatable bonds is 37. The molecule has 0 aliphatic heterocycles. The molecule has 0 bridgehead atoms. The third-order valence-electron chi connectivity index (χ3n) is 8.35. The van der Waals surface area contributed by atoms with Gasteiger partial charge in [0.25, 0.3) is 0 Å². The Kier molecular flexibility index (Phi) is 34.7. The molecule has 0 aromatic rings. The van der Waals surface area contributed by atoms with E-state index in [2.05, 4.69) is 67.8 Å².